The van der Waals surface area contributed by atoms with Crippen molar-refractivity contribution >= 4 is 11.6 Å². The van der Waals surface area contributed by atoms with Gasteiger partial charge in [0.15, 0.2) is 0 Å². The average molecular weight is 437 g/mol. The van der Waals surface area contributed by atoms with Gasteiger partial charge in [0.25, 0.3) is 0 Å². The fourth-order valence-corrected chi connectivity index (χ4v) is 4.20. The van der Waals surface area contributed by atoms with Crippen molar-refractivity contribution < 1.29 is 47.0 Å². The van der Waals surface area contributed by atoms with Crippen molar-refractivity contribution in [2.24, 2.45) is 5.41 Å². The van der Waals surface area contributed by atoms with Crippen LogP contribution < -0.4 is 5.32 Å². The van der Waals surface area contributed by atoms with E-state index in [9.17, 15) is 9.59 Å². The largest absolute Gasteiger partial charge is 0.405 e. The summed E-state index contributed by atoms with van der Waals surface area (Å²) in [6, 6.07) is 0. The molecule has 3 aliphatic rings. The number of rotatable bonds is 4. The van der Waals surface area contributed by atoms with Gasteiger partial charge in [0.1, 0.15) is 5.72 Å². The Bertz CT molecular complexity index is 577. The van der Waals surface area contributed by atoms with Crippen LogP contribution in [0.4, 0.5) is 0 Å². The van der Waals surface area contributed by atoms with E-state index in [1.165, 1.54) is 6.42 Å². The molecule has 3 atom stereocenters. The first-order valence-corrected chi connectivity index (χ1v) is 9.27. The van der Waals surface area contributed by atoms with Gasteiger partial charge in [-0.25, -0.2) is 0 Å². The van der Waals surface area contributed by atoms with E-state index < -0.39 is 11.1 Å². The van der Waals surface area contributed by atoms with E-state index >= 15 is 0 Å². The Kier molecular flexibility index (Phi) is 8.38. The van der Waals surface area contributed by atoms with Crippen LogP contribution in [-0.4, -0.2) is 54.5 Å². The van der Waals surface area contributed by atoms with Gasteiger partial charge in [-0.05, 0) is 26.8 Å². The molecule has 1 radical (unpaired) electrons. The fraction of sp³-hybridized carbons (Fsp3) is 0.750. The van der Waals surface area contributed by atoms with E-state index in [4.69, 9.17) is 4.74 Å². The number of unbranched alkanes of at least 4 members (excludes halogenated alkanes) is 1. The third-order valence-electron chi connectivity index (χ3n) is 6.19. The van der Waals surface area contributed by atoms with Crippen LogP contribution in [0.2, 0.25) is 0 Å². The summed E-state index contributed by atoms with van der Waals surface area (Å²) in [6.45, 7) is 13.1. The predicted octanol–water partition coefficient (Wildman–Crippen LogP) is 2.31. The molecule has 0 aromatic heterocycles. The van der Waals surface area contributed by atoms with Crippen LogP contribution in [-0.2, 0) is 47.0 Å². The molecule has 1 N–H and O–H groups in total. The molecule has 5 nitrogen and oxygen atoms in total. The van der Waals surface area contributed by atoms with Crippen molar-refractivity contribution in [3.63, 3.8) is 0 Å². The van der Waals surface area contributed by atoms with Crippen LogP contribution in [0, 0.1) is 18.4 Å². The molecule has 2 heterocycles. The number of hydrogen-bond donors (Lipinski definition) is 1. The summed E-state index contributed by atoms with van der Waals surface area (Å²) in [7, 11) is 1.96. The van der Waals surface area contributed by atoms with Gasteiger partial charge in [-0.3, -0.25) is 4.90 Å². The molecule has 2 aliphatic heterocycles. The number of fused-ring (bicyclic) bond motifs is 1. The molecule has 0 bridgehead atoms. The number of ketones is 2. The number of carbonyl (C=O) groups excluding carboxylic acids is 2. The molecule has 6 heteroatoms. The number of likely N-dealkylation sites (tertiary alicyclic amines) is 1. The average Bonchev–Trinajstić information content (AvgIpc) is 3.13. The third-order valence-corrected chi connectivity index (χ3v) is 6.19. The van der Waals surface area contributed by atoms with Crippen molar-refractivity contribution in [1.29, 1.82) is 0 Å². The number of nitrogens with one attached hydrogen (secondary N) is 1. The number of Topliss-reactive ketones (excluding diaryl/α,β-unsaturated/α-hetero) is 2. The van der Waals surface area contributed by atoms with Gasteiger partial charge >= 0.3 is 0 Å². The molecule has 145 valence electrons. The summed E-state index contributed by atoms with van der Waals surface area (Å²) in [5.41, 5.74) is -1.11. The molecule has 0 aromatic carbocycles. The second-order valence-corrected chi connectivity index (χ2v) is 7.68. The van der Waals surface area contributed by atoms with Gasteiger partial charge in [-0.1, -0.05) is 27.2 Å². The molecule has 2 saturated heterocycles. The normalized spacial score (nSPS) is 36.3. The van der Waals surface area contributed by atoms with E-state index in [0.29, 0.717) is 18.7 Å². The molecule has 1 aliphatic carbocycles. The number of carbonyl (C=O) groups is 2. The molecule has 2 unspecified atom stereocenters. The molecular formula is C20H32N2O3Y-2. The standard InChI is InChI=1S/C16H23N2O3.C4H9.Y/c1-11-9-12(19)14(2,13(11)20)10-18-7-5-16(17-4)6-8-21-15(16,18)3;1-3-4-2;/h17H,5-8,10H2,1-4H3;1,3-4H2,2H3;/q2*-1;/t14-,15?,16?;;/m0../s1. The van der Waals surface area contributed by atoms with Crippen LogP contribution in [0.1, 0.15) is 53.4 Å². The first-order chi connectivity index (χ1) is 11.7. The molecule has 0 amide bonds. The Morgan fingerprint density at radius 1 is 1.31 bits per heavy atom. The van der Waals surface area contributed by atoms with Crippen LogP contribution in [0.15, 0.2) is 5.57 Å². The van der Waals surface area contributed by atoms with Crippen LogP contribution in [0.5, 0.6) is 0 Å². The van der Waals surface area contributed by atoms with Gasteiger partial charge in [0, 0.05) is 57.0 Å². The van der Waals surface area contributed by atoms with Crippen molar-refractivity contribution in [2.45, 2.75) is 64.6 Å². The molecule has 0 saturated carbocycles. The summed E-state index contributed by atoms with van der Waals surface area (Å²) >= 11 is 0. The minimum absolute atomic E-state index is 0. The second-order valence-electron chi connectivity index (χ2n) is 7.68. The Morgan fingerprint density at radius 3 is 2.38 bits per heavy atom. The van der Waals surface area contributed by atoms with Crippen molar-refractivity contribution in [3.05, 3.63) is 18.6 Å². The fourth-order valence-electron chi connectivity index (χ4n) is 4.20. The number of nitrogens with zero attached hydrogens (tertiary/aromatic N) is 1. The van der Waals surface area contributed by atoms with Gasteiger partial charge in [0.05, 0.1) is 17.9 Å². The second kappa shape index (κ2) is 9.04. The third kappa shape index (κ3) is 3.80. The van der Waals surface area contributed by atoms with Crippen LogP contribution >= 0.6 is 0 Å². The van der Waals surface area contributed by atoms with Gasteiger partial charge in [-0.15, -0.1) is 0 Å². The molecule has 2 fully saturated rings. The maximum Gasteiger partial charge on any atom is 0.137 e. The first kappa shape index (κ1) is 24.1. The molecule has 0 aromatic rings. The van der Waals surface area contributed by atoms with Gasteiger partial charge < -0.3 is 26.6 Å². The van der Waals surface area contributed by atoms with Crippen molar-refractivity contribution in [2.75, 3.05) is 26.7 Å². The minimum Gasteiger partial charge on any atom is -0.405 e. The predicted molar refractivity (Wildman–Crippen MR) is 97.8 cm³/mol. The van der Waals surface area contributed by atoms with Crippen LogP contribution in [0.3, 0.4) is 0 Å². The van der Waals surface area contributed by atoms with Gasteiger partial charge in [-0.2, -0.15) is 18.1 Å². The molecule has 0 spiro atoms. The number of likely N-dealkylation sites (N-methyl/N-ethyl adjacent to an activating group) is 1. The summed E-state index contributed by atoms with van der Waals surface area (Å²) in [6.07, 6.45) is 6.87. The monoisotopic (exact) mass is 437 g/mol. The molecule has 26 heavy (non-hydrogen) atoms. The number of ether oxygens (including phenoxy) is 1. The van der Waals surface area contributed by atoms with E-state index in [1.54, 1.807) is 13.8 Å². The van der Waals surface area contributed by atoms with Crippen molar-refractivity contribution in [1.82, 2.24) is 10.2 Å². The first-order valence-electron chi connectivity index (χ1n) is 9.27. The zero-order chi connectivity index (χ0) is 18.9. The van der Waals surface area contributed by atoms with Crippen LogP contribution in [0.25, 0.3) is 0 Å². The maximum atomic E-state index is 12.4. The Labute approximate surface area is 183 Å². The van der Waals surface area contributed by atoms with E-state index in [1.807, 2.05) is 7.05 Å². The Hall–Kier alpha value is 0.0639. The molecular weight excluding hydrogens is 405 g/mol. The SMILES string of the molecule is CNC12CCOC1(C)N(C[C@@]1(C)C(=O)[C-]=C(C)C1=O)CC2.[CH2-]CCC.[Y]. The summed E-state index contributed by atoms with van der Waals surface area (Å²) in [5.74, 6) is -0.301. The van der Waals surface area contributed by atoms with Crippen molar-refractivity contribution in [3.8, 4) is 0 Å². The Morgan fingerprint density at radius 2 is 1.92 bits per heavy atom. The summed E-state index contributed by atoms with van der Waals surface area (Å²) in [5, 5.41) is 3.42. The Balaban J connectivity index is 0.000000616. The zero-order valence-electron chi connectivity index (χ0n) is 16.9. The topological polar surface area (TPSA) is 58.6 Å². The molecule has 3 rings (SSSR count). The number of hydrogen-bond acceptors (Lipinski definition) is 5. The van der Waals surface area contributed by atoms with Gasteiger partial charge in [0.2, 0.25) is 0 Å². The van der Waals surface area contributed by atoms with E-state index in [2.05, 4.69) is 37.1 Å². The smallest absolute Gasteiger partial charge is 0.137 e. The quantitative estimate of drug-likeness (QED) is 0.541. The zero-order valence-corrected chi connectivity index (χ0v) is 19.7. The summed E-state index contributed by atoms with van der Waals surface area (Å²) < 4.78 is 6.04. The number of allylic oxidation sites excluding steroid dienone is 2. The van der Waals surface area contributed by atoms with E-state index in [0.717, 1.165) is 25.8 Å². The van der Waals surface area contributed by atoms with E-state index in [-0.39, 0.29) is 49.8 Å². The summed E-state index contributed by atoms with van der Waals surface area (Å²) in [4.78, 5) is 26.7. The minimum atomic E-state index is -1.01. The maximum absolute atomic E-state index is 12.4.